The third kappa shape index (κ3) is 4.65. The van der Waals surface area contributed by atoms with E-state index in [0.717, 1.165) is 18.6 Å². The molecule has 0 aromatic rings. The molecule has 0 aromatic carbocycles. The van der Waals surface area contributed by atoms with E-state index in [-0.39, 0.29) is 5.91 Å². The molecule has 0 atom stereocenters. The van der Waals surface area contributed by atoms with E-state index in [2.05, 4.69) is 10.5 Å². The Morgan fingerprint density at radius 2 is 1.69 bits per heavy atom. The molecule has 0 heterocycles. The molecule has 0 spiro atoms. The number of hydrogen-bond donors (Lipinski definition) is 1. The van der Waals surface area contributed by atoms with E-state index in [4.69, 9.17) is 0 Å². The van der Waals surface area contributed by atoms with Gasteiger partial charge in [-0.15, -0.1) is 0 Å². The molecule has 0 unspecified atom stereocenters. The molecule has 1 rings (SSSR count). The minimum atomic E-state index is -0.0745. The molecule has 1 fully saturated rings. The zero-order valence-electron chi connectivity index (χ0n) is 8.31. The Morgan fingerprint density at radius 1 is 1.15 bits per heavy atom. The molecule has 74 valence electrons. The van der Waals surface area contributed by atoms with Crippen molar-refractivity contribution in [1.29, 1.82) is 0 Å². The van der Waals surface area contributed by atoms with Crippen molar-refractivity contribution < 1.29 is 4.79 Å². The highest BCUT2D eigenvalue weighted by atomic mass is 16.2. The van der Waals surface area contributed by atoms with Gasteiger partial charge in [0.25, 0.3) is 0 Å². The monoisotopic (exact) mass is 182 g/mol. The van der Waals surface area contributed by atoms with Crippen LogP contribution in [0.1, 0.15) is 51.9 Å². The van der Waals surface area contributed by atoms with Crippen LogP contribution in [0.5, 0.6) is 0 Å². The fraction of sp³-hybridized carbons (Fsp3) is 0.800. The molecule has 0 bridgehead atoms. The number of carbonyl (C=O) groups is 1. The topological polar surface area (TPSA) is 41.5 Å². The molecular formula is C10H18N2O. The maximum Gasteiger partial charge on any atom is 0.236 e. The summed E-state index contributed by atoms with van der Waals surface area (Å²) in [5, 5.41) is 4.10. The van der Waals surface area contributed by atoms with Gasteiger partial charge in [0.1, 0.15) is 0 Å². The second kappa shape index (κ2) is 5.73. The van der Waals surface area contributed by atoms with Crippen molar-refractivity contribution in [3.8, 4) is 0 Å². The van der Waals surface area contributed by atoms with E-state index in [9.17, 15) is 4.79 Å². The molecule has 3 heteroatoms. The van der Waals surface area contributed by atoms with Crippen LogP contribution in [0.3, 0.4) is 0 Å². The standard InChI is InChI=1S/C10H18N2O/c1-9(13)11-12-10-7-5-3-2-4-6-8-10/h2-8H2,1H3,(H,11,13). The predicted molar refractivity (Wildman–Crippen MR) is 53.6 cm³/mol. The van der Waals surface area contributed by atoms with Gasteiger partial charge in [-0.3, -0.25) is 4.79 Å². The third-order valence-electron chi connectivity index (χ3n) is 2.30. The summed E-state index contributed by atoms with van der Waals surface area (Å²) in [5.41, 5.74) is 3.67. The highest BCUT2D eigenvalue weighted by Crippen LogP contribution is 2.14. The highest BCUT2D eigenvalue weighted by molar-refractivity contribution is 5.86. The van der Waals surface area contributed by atoms with Gasteiger partial charge in [0.2, 0.25) is 5.91 Å². The van der Waals surface area contributed by atoms with Gasteiger partial charge >= 0.3 is 0 Å². The number of nitrogens with zero attached hydrogens (tertiary/aromatic N) is 1. The van der Waals surface area contributed by atoms with Crippen LogP contribution in [0, 0.1) is 0 Å². The maximum atomic E-state index is 10.6. The van der Waals surface area contributed by atoms with Gasteiger partial charge in [-0.2, -0.15) is 5.10 Å². The molecule has 1 saturated carbocycles. The molecule has 3 nitrogen and oxygen atoms in total. The number of hydrazone groups is 1. The Hall–Kier alpha value is -0.860. The number of rotatable bonds is 1. The van der Waals surface area contributed by atoms with Crippen LogP contribution in [-0.4, -0.2) is 11.6 Å². The number of hydrogen-bond acceptors (Lipinski definition) is 2. The van der Waals surface area contributed by atoms with Crippen LogP contribution in [-0.2, 0) is 4.79 Å². The second-order valence-corrected chi connectivity index (χ2v) is 3.61. The van der Waals surface area contributed by atoms with Crippen molar-refractivity contribution in [3.63, 3.8) is 0 Å². The van der Waals surface area contributed by atoms with Crippen LogP contribution in [0.4, 0.5) is 0 Å². The third-order valence-corrected chi connectivity index (χ3v) is 2.30. The first-order valence-electron chi connectivity index (χ1n) is 5.11. The van der Waals surface area contributed by atoms with Gasteiger partial charge < -0.3 is 0 Å². The Bertz CT molecular complexity index is 189. The Morgan fingerprint density at radius 3 is 2.23 bits per heavy atom. The Balaban J connectivity index is 2.36. The maximum absolute atomic E-state index is 10.6. The van der Waals surface area contributed by atoms with Crippen molar-refractivity contribution in [3.05, 3.63) is 0 Å². The molecule has 1 N–H and O–H groups in total. The van der Waals surface area contributed by atoms with E-state index in [0.29, 0.717) is 0 Å². The second-order valence-electron chi connectivity index (χ2n) is 3.61. The van der Waals surface area contributed by atoms with Gasteiger partial charge in [-0.1, -0.05) is 19.3 Å². The van der Waals surface area contributed by atoms with E-state index in [1.54, 1.807) is 0 Å². The van der Waals surface area contributed by atoms with Crippen molar-refractivity contribution in [2.75, 3.05) is 0 Å². The van der Waals surface area contributed by atoms with Gasteiger partial charge in [-0.05, 0) is 25.7 Å². The molecule has 0 aliphatic heterocycles. The van der Waals surface area contributed by atoms with Crippen LogP contribution in [0.25, 0.3) is 0 Å². The first kappa shape index (κ1) is 10.2. The molecule has 1 aliphatic carbocycles. The zero-order chi connectivity index (χ0) is 9.52. The highest BCUT2D eigenvalue weighted by Gasteiger charge is 2.04. The van der Waals surface area contributed by atoms with Gasteiger partial charge in [0.05, 0.1) is 0 Å². The molecule has 0 aromatic heterocycles. The summed E-state index contributed by atoms with van der Waals surface area (Å²) in [4.78, 5) is 10.6. The minimum absolute atomic E-state index is 0.0745. The normalized spacial score (nSPS) is 18.7. The molecular weight excluding hydrogens is 164 g/mol. The van der Waals surface area contributed by atoms with Crippen molar-refractivity contribution in [2.24, 2.45) is 5.10 Å². The lowest BCUT2D eigenvalue weighted by atomic mass is 9.99. The first-order valence-corrected chi connectivity index (χ1v) is 5.11. The molecule has 1 aliphatic rings. The van der Waals surface area contributed by atoms with Crippen LogP contribution in [0.2, 0.25) is 0 Å². The fourth-order valence-corrected chi connectivity index (χ4v) is 1.58. The van der Waals surface area contributed by atoms with E-state index < -0.39 is 0 Å². The average molecular weight is 182 g/mol. The smallest absolute Gasteiger partial charge is 0.236 e. The Labute approximate surface area is 79.6 Å². The van der Waals surface area contributed by atoms with E-state index in [1.807, 2.05) is 0 Å². The summed E-state index contributed by atoms with van der Waals surface area (Å²) in [7, 11) is 0. The van der Waals surface area contributed by atoms with Crippen molar-refractivity contribution >= 4 is 11.6 Å². The summed E-state index contributed by atoms with van der Waals surface area (Å²) in [6.07, 6.45) is 8.52. The van der Waals surface area contributed by atoms with Gasteiger partial charge in [0, 0.05) is 12.6 Å². The minimum Gasteiger partial charge on any atom is -0.274 e. The van der Waals surface area contributed by atoms with Gasteiger partial charge in [0.15, 0.2) is 0 Å². The molecule has 0 saturated heterocycles. The zero-order valence-corrected chi connectivity index (χ0v) is 8.31. The first-order chi connectivity index (χ1) is 6.29. The molecule has 13 heavy (non-hydrogen) atoms. The lowest BCUT2D eigenvalue weighted by Gasteiger charge is -2.10. The quantitative estimate of drug-likeness (QED) is 0.621. The largest absolute Gasteiger partial charge is 0.274 e. The van der Waals surface area contributed by atoms with Crippen LogP contribution < -0.4 is 5.43 Å². The lowest BCUT2D eigenvalue weighted by molar-refractivity contribution is -0.118. The summed E-state index contributed by atoms with van der Waals surface area (Å²) in [6.45, 7) is 1.49. The Kier molecular flexibility index (Phi) is 4.50. The summed E-state index contributed by atoms with van der Waals surface area (Å²) >= 11 is 0. The molecule has 1 amide bonds. The number of amides is 1. The predicted octanol–water partition coefficient (Wildman–Crippen LogP) is 2.22. The summed E-state index contributed by atoms with van der Waals surface area (Å²) in [5.74, 6) is -0.0745. The van der Waals surface area contributed by atoms with E-state index in [1.165, 1.54) is 39.0 Å². The van der Waals surface area contributed by atoms with Gasteiger partial charge in [-0.25, -0.2) is 5.43 Å². The molecule has 0 radical (unpaired) electrons. The summed E-state index contributed by atoms with van der Waals surface area (Å²) < 4.78 is 0. The average Bonchev–Trinajstić information content (AvgIpc) is 2.01. The van der Waals surface area contributed by atoms with Crippen LogP contribution in [0.15, 0.2) is 5.10 Å². The fourth-order valence-electron chi connectivity index (χ4n) is 1.58. The van der Waals surface area contributed by atoms with Crippen molar-refractivity contribution in [2.45, 2.75) is 51.9 Å². The van der Waals surface area contributed by atoms with Crippen LogP contribution >= 0.6 is 0 Å². The van der Waals surface area contributed by atoms with E-state index >= 15 is 0 Å². The lowest BCUT2D eigenvalue weighted by Crippen LogP contribution is -2.16. The number of carbonyl (C=O) groups excluding carboxylic acids is 1. The SMILES string of the molecule is CC(=O)NN=C1CCCCCCC1. The summed E-state index contributed by atoms with van der Waals surface area (Å²) in [6, 6.07) is 0. The number of nitrogens with one attached hydrogen (secondary N) is 1. The van der Waals surface area contributed by atoms with Crippen molar-refractivity contribution in [1.82, 2.24) is 5.43 Å².